The molecule has 4 aromatic carbocycles. The van der Waals surface area contributed by atoms with Crippen LogP contribution in [0.3, 0.4) is 0 Å². The Morgan fingerprint density at radius 3 is 2.61 bits per heavy atom. The van der Waals surface area contributed by atoms with Crippen LogP contribution < -0.4 is 14.8 Å². The predicted octanol–water partition coefficient (Wildman–Crippen LogP) is 5.62. The number of fused-ring (bicyclic) bond motifs is 3. The van der Waals surface area contributed by atoms with Gasteiger partial charge in [-0.3, -0.25) is 9.52 Å². The molecule has 3 N–H and O–H groups in total. The van der Waals surface area contributed by atoms with Gasteiger partial charge in [0.2, 0.25) is 0 Å². The largest absolute Gasteiger partial charge is 0.497 e. The highest BCUT2D eigenvalue weighted by molar-refractivity contribution is 7.92. The van der Waals surface area contributed by atoms with Gasteiger partial charge in [0.05, 0.1) is 17.7 Å². The van der Waals surface area contributed by atoms with E-state index in [0.717, 1.165) is 27.2 Å². The number of carbonyl (C=O) groups excluding carboxylic acids is 1. The summed E-state index contributed by atoms with van der Waals surface area (Å²) in [5.41, 5.74) is 3.66. The van der Waals surface area contributed by atoms with Gasteiger partial charge in [0.1, 0.15) is 5.75 Å². The molecule has 1 amide bonds. The van der Waals surface area contributed by atoms with E-state index in [0.29, 0.717) is 28.3 Å². The van der Waals surface area contributed by atoms with Crippen molar-refractivity contribution >= 4 is 60.6 Å². The van der Waals surface area contributed by atoms with Crippen LogP contribution in [0.4, 0.5) is 11.4 Å². The summed E-state index contributed by atoms with van der Waals surface area (Å²) < 4.78 is 34.7. The van der Waals surface area contributed by atoms with Gasteiger partial charge in [-0.05, 0) is 53.9 Å². The fourth-order valence-corrected chi connectivity index (χ4v) is 5.62. The molecule has 5 aromatic rings. The predicted molar refractivity (Wildman–Crippen MR) is 143 cm³/mol. The fourth-order valence-electron chi connectivity index (χ4n) is 4.52. The molecule has 6 rings (SSSR count). The van der Waals surface area contributed by atoms with Gasteiger partial charge in [0.25, 0.3) is 15.9 Å². The lowest BCUT2D eigenvalue weighted by molar-refractivity contribution is -0.110. The molecule has 7 nitrogen and oxygen atoms in total. The average Bonchev–Trinajstić information content (AvgIpc) is 3.43. The molecular weight excluding hydrogens is 474 g/mol. The van der Waals surface area contributed by atoms with E-state index in [4.69, 9.17) is 4.74 Å². The highest BCUT2D eigenvalue weighted by atomic mass is 32.2. The van der Waals surface area contributed by atoms with E-state index in [-0.39, 0.29) is 10.8 Å². The van der Waals surface area contributed by atoms with Crippen LogP contribution in [0.1, 0.15) is 11.1 Å². The summed E-state index contributed by atoms with van der Waals surface area (Å²) in [5.74, 6) is 0.407. The normalized spacial score (nSPS) is 14.2. The Morgan fingerprint density at radius 1 is 0.917 bits per heavy atom. The number of nitrogens with one attached hydrogen (secondary N) is 3. The maximum atomic E-state index is 13.3. The number of amides is 1. The Kier molecular flexibility index (Phi) is 5.05. The Balaban J connectivity index is 1.40. The second-order valence-electron chi connectivity index (χ2n) is 8.51. The summed E-state index contributed by atoms with van der Waals surface area (Å²) in [6.07, 6.45) is 3.57. The average molecular weight is 496 g/mol. The van der Waals surface area contributed by atoms with Crippen molar-refractivity contribution in [2.75, 3.05) is 17.1 Å². The fraction of sp³-hybridized carbons (Fsp3) is 0.0357. The van der Waals surface area contributed by atoms with E-state index in [1.807, 2.05) is 60.8 Å². The Bertz CT molecular complexity index is 1810. The van der Waals surface area contributed by atoms with Crippen molar-refractivity contribution in [3.63, 3.8) is 0 Å². The summed E-state index contributed by atoms with van der Waals surface area (Å²) >= 11 is 0. The molecule has 2 heterocycles. The molecule has 1 aliphatic rings. The number of rotatable bonds is 5. The molecule has 0 saturated carbocycles. The first kappa shape index (κ1) is 21.9. The van der Waals surface area contributed by atoms with Crippen LogP contribution in [0.2, 0.25) is 0 Å². The molecule has 1 aromatic heterocycles. The maximum Gasteiger partial charge on any atom is 0.261 e. The monoisotopic (exact) mass is 495 g/mol. The van der Waals surface area contributed by atoms with Gasteiger partial charge in [-0.15, -0.1) is 0 Å². The molecule has 0 aliphatic carbocycles. The number of carbonyl (C=O) groups is 1. The van der Waals surface area contributed by atoms with Crippen molar-refractivity contribution in [2.24, 2.45) is 0 Å². The molecule has 0 radical (unpaired) electrons. The number of anilines is 2. The lowest BCUT2D eigenvalue weighted by atomic mass is 10.0. The van der Waals surface area contributed by atoms with E-state index in [2.05, 4.69) is 15.0 Å². The quantitative estimate of drug-likeness (QED) is 0.275. The standard InChI is InChI=1S/C28H21N3O4S/c1-35-19-9-11-25-22(14-19)18(16-29-25)13-24-23-15-20(10-12-26(23)30-28(24)32)36(33,34)31-27-8-4-6-17-5-2-3-7-21(17)27/h2-16,29,31H,1H3,(H,30,32)/b24-13+. The van der Waals surface area contributed by atoms with Gasteiger partial charge < -0.3 is 15.0 Å². The number of hydrogen-bond acceptors (Lipinski definition) is 4. The van der Waals surface area contributed by atoms with Crippen LogP contribution in [0.5, 0.6) is 5.75 Å². The smallest absolute Gasteiger partial charge is 0.261 e. The molecule has 0 unspecified atom stereocenters. The van der Waals surface area contributed by atoms with Gasteiger partial charge in [0.15, 0.2) is 0 Å². The van der Waals surface area contributed by atoms with Crippen LogP contribution in [-0.2, 0) is 14.8 Å². The van der Waals surface area contributed by atoms with E-state index >= 15 is 0 Å². The molecule has 0 saturated heterocycles. The number of aromatic nitrogens is 1. The number of ether oxygens (including phenoxy) is 1. The van der Waals surface area contributed by atoms with Crippen molar-refractivity contribution < 1.29 is 17.9 Å². The Morgan fingerprint density at radius 2 is 1.75 bits per heavy atom. The van der Waals surface area contributed by atoms with E-state index < -0.39 is 10.0 Å². The third-order valence-electron chi connectivity index (χ3n) is 6.34. The van der Waals surface area contributed by atoms with Gasteiger partial charge in [-0.2, -0.15) is 0 Å². The summed E-state index contributed by atoms with van der Waals surface area (Å²) in [7, 11) is -2.31. The summed E-state index contributed by atoms with van der Waals surface area (Å²) in [6.45, 7) is 0. The highest BCUT2D eigenvalue weighted by Gasteiger charge is 2.27. The van der Waals surface area contributed by atoms with Crippen LogP contribution >= 0.6 is 0 Å². The van der Waals surface area contributed by atoms with Crippen LogP contribution in [-0.4, -0.2) is 26.4 Å². The minimum atomic E-state index is -3.91. The maximum absolute atomic E-state index is 13.3. The van der Waals surface area contributed by atoms with E-state index in [1.165, 1.54) is 12.1 Å². The third kappa shape index (κ3) is 3.68. The minimum absolute atomic E-state index is 0.0668. The van der Waals surface area contributed by atoms with Crippen molar-refractivity contribution in [3.05, 3.63) is 96.2 Å². The first-order valence-electron chi connectivity index (χ1n) is 11.3. The zero-order valence-corrected chi connectivity index (χ0v) is 20.0. The zero-order chi connectivity index (χ0) is 24.9. The van der Waals surface area contributed by atoms with Gasteiger partial charge in [-0.1, -0.05) is 36.4 Å². The summed E-state index contributed by atoms with van der Waals surface area (Å²) in [6, 6.07) is 23.3. The van der Waals surface area contributed by atoms with Gasteiger partial charge in [0, 0.05) is 44.9 Å². The van der Waals surface area contributed by atoms with Crippen molar-refractivity contribution in [1.29, 1.82) is 0 Å². The Hall–Kier alpha value is -4.56. The number of benzene rings is 4. The van der Waals surface area contributed by atoms with E-state index in [9.17, 15) is 13.2 Å². The number of aromatic amines is 1. The number of methoxy groups -OCH3 is 1. The minimum Gasteiger partial charge on any atom is -0.497 e. The van der Waals surface area contributed by atoms with Gasteiger partial charge >= 0.3 is 0 Å². The molecule has 36 heavy (non-hydrogen) atoms. The highest BCUT2D eigenvalue weighted by Crippen LogP contribution is 2.37. The molecule has 0 fully saturated rings. The lowest BCUT2D eigenvalue weighted by Crippen LogP contribution is -2.13. The number of hydrogen-bond donors (Lipinski definition) is 3. The SMILES string of the molecule is COc1ccc2[nH]cc(/C=C3/C(=O)Nc4ccc(S(=O)(=O)Nc5cccc6ccccc56)cc43)c2c1. The third-order valence-corrected chi connectivity index (χ3v) is 7.70. The number of sulfonamides is 1. The van der Waals surface area contributed by atoms with Crippen LogP contribution in [0, 0.1) is 0 Å². The Labute approximate surface area is 207 Å². The van der Waals surface area contributed by atoms with Gasteiger partial charge in [-0.25, -0.2) is 8.42 Å². The topological polar surface area (TPSA) is 100 Å². The first-order chi connectivity index (χ1) is 17.4. The van der Waals surface area contributed by atoms with Crippen molar-refractivity contribution in [3.8, 4) is 5.75 Å². The van der Waals surface area contributed by atoms with Crippen molar-refractivity contribution in [2.45, 2.75) is 4.90 Å². The second kappa shape index (κ2) is 8.28. The zero-order valence-electron chi connectivity index (χ0n) is 19.2. The number of H-pyrrole nitrogens is 1. The molecular formula is C28H21N3O4S. The van der Waals surface area contributed by atoms with E-state index in [1.54, 1.807) is 25.3 Å². The van der Waals surface area contributed by atoms with Crippen LogP contribution in [0.15, 0.2) is 90.0 Å². The molecule has 8 heteroatoms. The second-order valence-corrected chi connectivity index (χ2v) is 10.2. The molecule has 1 aliphatic heterocycles. The van der Waals surface area contributed by atoms with Crippen molar-refractivity contribution in [1.82, 2.24) is 4.98 Å². The first-order valence-corrected chi connectivity index (χ1v) is 12.7. The summed E-state index contributed by atoms with van der Waals surface area (Å²) in [4.78, 5) is 16.1. The van der Waals surface area contributed by atoms with Crippen LogP contribution in [0.25, 0.3) is 33.3 Å². The molecule has 0 bridgehead atoms. The lowest BCUT2D eigenvalue weighted by Gasteiger charge is -2.12. The summed E-state index contributed by atoms with van der Waals surface area (Å²) in [5, 5.41) is 5.45. The molecule has 0 spiro atoms. The molecule has 178 valence electrons. The molecule has 0 atom stereocenters.